The number of nitrogens with zero attached hydrogens (tertiary/aromatic N) is 3. The quantitative estimate of drug-likeness (QED) is 0.843. The number of rotatable bonds is 2. The zero-order valence-electron chi connectivity index (χ0n) is 9.37. The summed E-state index contributed by atoms with van der Waals surface area (Å²) >= 11 is 3.29. The summed E-state index contributed by atoms with van der Waals surface area (Å²) in [7, 11) is 0. The highest BCUT2D eigenvalue weighted by molar-refractivity contribution is 9.10. The highest BCUT2D eigenvalue weighted by Crippen LogP contribution is 2.26. The van der Waals surface area contributed by atoms with Crippen LogP contribution in [0, 0.1) is 17.2 Å². The zero-order valence-corrected chi connectivity index (χ0v) is 11.0. The molecule has 0 N–H and O–H groups in total. The highest BCUT2D eigenvalue weighted by Gasteiger charge is 2.22. The van der Waals surface area contributed by atoms with Crippen molar-refractivity contribution < 1.29 is 4.39 Å². The number of alkyl halides is 1. The Bertz CT molecular complexity index is 444. The van der Waals surface area contributed by atoms with Crippen molar-refractivity contribution in [2.45, 2.75) is 12.8 Å². The van der Waals surface area contributed by atoms with Crippen LogP contribution >= 0.6 is 15.9 Å². The summed E-state index contributed by atoms with van der Waals surface area (Å²) in [6.45, 7) is 1.20. The first-order valence-electron chi connectivity index (χ1n) is 5.61. The van der Waals surface area contributed by atoms with Crippen molar-refractivity contribution in [1.82, 2.24) is 4.98 Å². The van der Waals surface area contributed by atoms with E-state index in [0.29, 0.717) is 17.9 Å². The van der Waals surface area contributed by atoms with Crippen molar-refractivity contribution in [3.05, 3.63) is 22.3 Å². The van der Waals surface area contributed by atoms with E-state index in [1.165, 1.54) is 0 Å². The molecule has 2 heterocycles. The second-order valence-corrected chi connectivity index (χ2v) is 5.16. The first-order valence-corrected chi connectivity index (χ1v) is 6.40. The fraction of sp³-hybridized carbons (Fsp3) is 0.500. The van der Waals surface area contributed by atoms with Crippen LogP contribution in [0.25, 0.3) is 0 Å². The molecule has 1 aromatic heterocycles. The second-order valence-electron chi connectivity index (χ2n) is 4.25. The Morgan fingerprint density at radius 1 is 1.65 bits per heavy atom. The van der Waals surface area contributed by atoms with E-state index in [1.807, 2.05) is 4.90 Å². The third-order valence-electron chi connectivity index (χ3n) is 2.99. The molecule has 0 amide bonds. The fourth-order valence-corrected chi connectivity index (χ4v) is 2.48. The lowest BCUT2D eigenvalue weighted by molar-refractivity contribution is 0.315. The summed E-state index contributed by atoms with van der Waals surface area (Å²) in [5.74, 6) is 0.745. The molecule has 1 unspecified atom stereocenters. The molecule has 0 radical (unpaired) electrons. The van der Waals surface area contributed by atoms with Gasteiger partial charge in [-0.3, -0.25) is 4.39 Å². The van der Waals surface area contributed by atoms with Crippen LogP contribution in [0.2, 0.25) is 0 Å². The van der Waals surface area contributed by atoms with Gasteiger partial charge in [0.2, 0.25) is 0 Å². The van der Waals surface area contributed by atoms with Gasteiger partial charge in [-0.1, -0.05) is 0 Å². The SMILES string of the molecule is N#Cc1cc(Br)cnc1N1CCCC(CF)C1. The Labute approximate surface area is 108 Å². The van der Waals surface area contributed by atoms with Crippen LogP contribution in [-0.4, -0.2) is 24.7 Å². The molecule has 0 saturated carbocycles. The standard InChI is InChI=1S/C12H13BrFN3/c13-11-4-10(6-15)12(16-7-11)17-3-1-2-9(5-14)8-17/h4,7,9H,1-3,5,8H2. The summed E-state index contributed by atoms with van der Waals surface area (Å²) in [4.78, 5) is 6.29. The molecular weight excluding hydrogens is 285 g/mol. The van der Waals surface area contributed by atoms with Crippen LogP contribution in [0.15, 0.2) is 16.7 Å². The number of aromatic nitrogens is 1. The molecule has 1 saturated heterocycles. The fourth-order valence-electron chi connectivity index (χ4n) is 2.15. The minimum Gasteiger partial charge on any atom is -0.355 e. The van der Waals surface area contributed by atoms with Crippen LogP contribution in [0.4, 0.5) is 10.2 Å². The number of pyridine rings is 1. The largest absolute Gasteiger partial charge is 0.355 e. The van der Waals surface area contributed by atoms with Gasteiger partial charge >= 0.3 is 0 Å². The molecule has 0 bridgehead atoms. The van der Waals surface area contributed by atoms with Gasteiger partial charge < -0.3 is 4.90 Å². The van der Waals surface area contributed by atoms with E-state index in [-0.39, 0.29) is 12.6 Å². The van der Waals surface area contributed by atoms with Crippen LogP contribution in [0.1, 0.15) is 18.4 Å². The third-order valence-corrected chi connectivity index (χ3v) is 3.42. The van der Waals surface area contributed by atoms with Gasteiger partial charge in [0.15, 0.2) is 0 Å². The monoisotopic (exact) mass is 297 g/mol. The lowest BCUT2D eigenvalue weighted by Gasteiger charge is -2.32. The van der Waals surface area contributed by atoms with E-state index in [2.05, 4.69) is 27.0 Å². The number of anilines is 1. The Morgan fingerprint density at radius 2 is 2.47 bits per heavy atom. The van der Waals surface area contributed by atoms with E-state index in [4.69, 9.17) is 5.26 Å². The molecule has 3 nitrogen and oxygen atoms in total. The highest BCUT2D eigenvalue weighted by atomic mass is 79.9. The normalized spacial score (nSPS) is 20.1. The topological polar surface area (TPSA) is 39.9 Å². The average molecular weight is 298 g/mol. The summed E-state index contributed by atoms with van der Waals surface area (Å²) in [6.07, 6.45) is 3.55. The molecule has 1 aliphatic rings. The molecule has 1 fully saturated rings. The van der Waals surface area contributed by atoms with Gasteiger partial charge in [0.05, 0.1) is 12.2 Å². The van der Waals surface area contributed by atoms with Crippen molar-refractivity contribution in [2.24, 2.45) is 5.92 Å². The summed E-state index contributed by atoms with van der Waals surface area (Å²) in [5.41, 5.74) is 0.541. The van der Waals surface area contributed by atoms with Gasteiger partial charge in [-0.15, -0.1) is 0 Å². The van der Waals surface area contributed by atoms with E-state index < -0.39 is 0 Å². The Balaban J connectivity index is 2.24. The number of hydrogen-bond acceptors (Lipinski definition) is 3. The minimum absolute atomic E-state index is 0.0701. The second kappa shape index (κ2) is 5.46. The number of nitriles is 1. The molecule has 0 aromatic carbocycles. The predicted octanol–water partition coefficient (Wildman–Crippen LogP) is 2.90. The number of piperidine rings is 1. The smallest absolute Gasteiger partial charge is 0.146 e. The molecule has 5 heteroatoms. The van der Waals surface area contributed by atoms with E-state index in [1.54, 1.807) is 12.3 Å². The van der Waals surface area contributed by atoms with Crippen LogP contribution in [0.3, 0.4) is 0 Å². The van der Waals surface area contributed by atoms with Crippen molar-refractivity contribution in [1.29, 1.82) is 5.26 Å². The zero-order chi connectivity index (χ0) is 12.3. The first-order chi connectivity index (χ1) is 8.24. The Morgan fingerprint density at radius 3 is 3.18 bits per heavy atom. The summed E-state index contributed by atoms with van der Waals surface area (Å²) in [5, 5.41) is 9.09. The molecular formula is C12H13BrFN3. The maximum absolute atomic E-state index is 12.7. The average Bonchev–Trinajstić information content (AvgIpc) is 2.38. The molecule has 1 aliphatic heterocycles. The summed E-state index contributed by atoms with van der Waals surface area (Å²) < 4.78 is 13.5. The van der Waals surface area contributed by atoms with E-state index in [9.17, 15) is 4.39 Å². The maximum Gasteiger partial charge on any atom is 0.146 e. The van der Waals surface area contributed by atoms with Crippen molar-refractivity contribution in [3.63, 3.8) is 0 Å². The van der Waals surface area contributed by atoms with Crippen molar-refractivity contribution in [3.8, 4) is 6.07 Å². The molecule has 90 valence electrons. The van der Waals surface area contributed by atoms with Gasteiger partial charge in [-0.05, 0) is 34.8 Å². The minimum atomic E-state index is -0.297. The Kier molecular flexibility index (Phi) is 3.95. The van der Waals surface area contributed by atoms with Gasteiger partial charge in [0.1, 0.15) is 11.9 Å². The number of hydrogen-bond donors (Lipinski definition) is 0. The van der Waals surface area contributed by atoms with Crippen LogP contribution in [0.5, 0.6) is 0 Å². The molecule has 1 aromatic rings. The Hall–Kier alpha value is -1.15. The van der Waals surface area contributed by atoms with E-state index in [0.717, 1.165) is 23.9 Å². The molecule has 2 rings (SSSR count). The lowest BCUT2D eigenvalue weighted by atomic mass is 9.99. The molecule has 17 heavy (non-hydrogen) atoms. The van der Waals surface area contributed by atoms with Gasteiger partial charge in [-0.25, -0.2) is 4.98 Å². The number of halogens is 2. The van der Waals surface area contributed by atoms with Crippen molar-refractivity contribution >= 4 is 21.7 Å². The van der Waals surface area contributed by atoms with E-state index >= 15 is 0 Å². The van der Waals surface area contributed by atoms with Crippen LogP contribution in [-0.2, 0) is 0 Å². The molecule has 0 aliphatic carbocycles. The van der Waals surface area contributed by atoms with Crippen LogP contribution < -0.4 is 4.90 Å². The maximum atomic E-state index is 12.7. The van der Waals surface area contributed by atoms with Gasteiger partial charge in [0, 0.05) is 29.7 Å². The third kappa shape index (κ3) is 2.75. The summed E-state index contributed by atoms with van der Waals surface area (Å²) in [6, 6.07) is 3.89. The first kappa shape index (κ1) is 12.3. The lowest BCUT2D eigenvalue weighted by Crippen LogP contribution is -2.37. The predicted molar refractivity (Wildman–Crippen MR) is 67.6 cm³/mol. The molecule has 0 spiro atoms. The van der Waals surface area contributed by atoms with Gasteiger partial charge in [0.25, 0.3) is 0 Å². The van der Waals surface area contributed by atoms with Gasteiger partial charge in [-0.2, -0.15) is 5.26 Å². The van der Waals surface area contributed by atoms with Crippen molar-refractivity contribution in [2.75, 3.05) is 24.7 Å². The molecule has 1 atom stereocenters.